The average Bonchev–Trinajstić information content (AvgIpc) is 2.88. The fourth-order valence-electron chi connectivity index (χ4n) is 2.37. The first-order valence-corrected chi connectivity index (χ1v) is 7.32. The largest absolute Gasteiger partial charge is 0.376 e. The van der Waals surface area contributed by atoms with E-state index in [0.717, 1.165) is 32.4 Å². The second-order valence-electron chi connectivity index (χ2n) is 4.63. The van der Waals surface area contributed by atoms with Gasteiger partial charge in [-0.25, -0.2) is 4.39 Å². The number of rotatable bonds is 5. The molecule has 1 saturated heterocycles. The predicted molar refractivity (Wildman–Crippen MR) is 74.1 cm³/mol. The van der Waals surface area contributed by atoms with Gasteiger partial charge in [0.2, 0.25) is 0 Å². The number of benzene rings is 1. The third-order valence-corrected chi connectivity index (χ3v) is 3.88. The van der Waals surface area contributed by atoms with Crippen molar-refractivity contribution in [1.29, 1.82) is 0 Å². The van der Waals surface area contributed by atoms with Gasteiger partial charge in [-0.1, -0.05) is 19.1 Å². The summed E-state index contributed by atoms with van der Waals surface area (Å²) in [7, 11) is 0. The Kier molecular flexibility index (Phi) is 5.15. The minimum atomic E-state index is -0.179. The van der Waals surface area contributed by atoms with Crippen LogP contribution in [0.15, 0.2) is 22.7 Å². The molecule has 1 aromatic carbocycles. The molecule has 1 fully saturated rings. The molecule has 0 aromatic heterocycles. The maximum Gasteiger partial charge on any atom is 0.142 e. The highest BCUT2D eigenvalue weighted by molar-refractivity contribution is 9.10. The van der Waals surface area contributed by atoms with Crippen molar-refractivity contribution >= 4 is 15.9 Å². The second-order valence-corrected chi connectivity index (χ2v) is 5.48. The van der Waals surface area contributed by atoms with E-state index in [4.69, 9.17) is 4.74 Å². The highest BCUT2D eigenvalue weighted by atomic mass is 79.9. The van der Waals surface area contributed by atoms with Gasteiger partial charge in [-0.2, -0.15) is 0 Å². The smallest absolute Gasteiger partial charge is 0.142 e. The first kappa shape index (κ1) is 14.0. The Hall–Kier alpha value is -0.450. The number of hydrogen-bond acceptors (Lipinski definition) is 2. The van der Waals surface area contributed by atoms with E-state index in [1.807, 2.05) is 12.1 Å². The van der Waals surface area contributed by atoms with Crippen molar-refractivity contribution in [3.05, 3.63) is 34.1 Å². The van der Waals surface area contributed by atoms with Crippen molar-refractivity contribution in [2.24, 2.45) is 0 Å². The molecule has 1 heterocycles. The van der Waals surface area contributed by atoms with Crippen LogP contribution in [0.5, 0.6) is 0 Å². The normalized spacial score (nSPS) is 21.2. The monoisotopic (exact) mass is 315 g/mol. The Morgan fingerprint density at radius 1 is 1.56 bits per heavy atom. The SMILES string of the molecule is CCCNC(c1cccc(Br)c1F)C1CCCO1. The topological polar surface area (TPSA) is 21.3 Å². The van der Waals surface area contributed by atoms with Crippen molar-refractivity contribution < 1.29 is 9.13 Å². The van der Waals surface area contributed by atoms with E-state index >= 15 is 0 Å². The van der Waals surface area contributed by atoms with Crippen LogP contribution in [0.4, 0.5) is 4.39 Å². The number of halogens is 2. The van der Waals surface area contributed by atoms with Gasteiger partial charge in [-0.15, -0.1) is 0 Å². The lowest BCUT2D eigenvalue weighted by atomic mass is 9.98. The molecule has 100 valence electrons. The molecule has 0 spiro atoms. The zero-order chi connectivity index (χ0) is 13.0. The summed E-state index contributed by atoms with van der Waals surface area (Å²) in [5, 5.41) is 3.41. The molecule has 2 unspecified atom stereocenters. The summed E-state index contributed by atoms with van der Waals surface area (Å²) < 4.78 is 20.4. The summed E-state index contributed by atoms with van der Waals surface area (Å²) in [5.41, 5.74) is 0.699. The van der Waals surface area contributed by atoms with Crippen molar-refractivity contribution in [2.45, 2.75) is 38.3 Å². The molecule has 0 saturated carbocycles. The Balaban J connectivity index is 2.23. The van der Waals surface area contributed by atoms with Gasteiger partial charge in [0.15, 0.2) is 0 Å². The van der Waals surface area contributed by atoms with Crippen LogP contribution in [-0.4, -0.2) is 19.3 Å². The highest BCUT2D eigenvalue weighted by Crippen LogP contribution is 2.31. The van der Waals surface area contributed by atoms with Gasteiger partial charge in [-0.3, -0.25) is 0 Å². The van der Waals surface area contributed by atoms with Crippen LogP contribution in [0, 0.1) is 5.82 Å². The molecule has 2 atom stereocenters. The lowest BCUT2D eigenvalue weighted by Crippen LogP contribution is -2.33. The molecule has 2 rings (SSSR count). The maximum atomic E-state index is 14.2. The number of ether oxygens (including phenoxy) is 1. The quantitative estimate of drug-likeness (QED) is 0.892. The van der Waals surface area contributed by atoms with Crippen molar-refractivity contribution in [1.82, 2.24) is 5.32 Å². The first-order valence-electron chi connectivity index (χ1n) is 6.53. The summed E-state index contributed by atoms with van der Waals surface area (Å²) in [6.07, 6.45) is 3.16. The van der Waals surface area contributed by atoms with E-state index in [9.17, 15) is 4.39 Å². The molecule has 0 amide bonds. The van der Waals surface area contributed by atoms with Crippen LogP contribution in [-0.2, 0) is 4.74 Å². The molecule has 1 aliphatic heterocycles. The van der Waals surface area contributed by atoms with Crippen LogP contribution in [0.2, 0.25) is 0 Å². The lowest BCUT2D eigenvalue weighted by molar-refractivity contribution is 0.0771. The third kappa shape index (κ3) is 3.11. The Morgan fingerprint density at radius 2 is 2.39 bits per heavy atom. The molecular weight excluding hydrogens is 297 g/mol. The Labute approximate surface area is 116 Å². The summed E-state index contributed by atoms with van der Waals surface area (Å²) >= 11 is 3.25. The van der Waals surface area contributed by atoms with Crippen molar-refractivity contribution in [3.63, 3.8) is 0 Å². The molecule has 1 aromatic rings. The molecule has 1 N–H and O–H groups in total. The molecule has 4 heteroatoms. The molecule has 0 bridgehead atoms. The summed E-state index contributed by atoms with van der Waals surface area (Å²) in [5.74, 6) is -0.179. The van der Waals surface area contributed by atoms with Gasteiger partial charge in [0.1, 0.15) is 5.82 Å². The number of hydrogen-bond donors (Lipinski definition) is 1. The minimum Gasteiger partial charge on any atom is -0.376 e. The van der Waals surface area contributed by atoms with E-state index in [0.29, 0.717) is 10.0 Å². The minimum absolute atomic E-state index is 0.0510. The molecule has 2 nitrogen and oxygen atoms in total. The zero-order valence-corrected chi connectivity index (χ0v) is 12.2. The highest BCUT2D eigenvalue weighted by Gasteiger charge is 2.29. The van der Waals surface area contributed by atoms with E-state index in [1.165, 1.54) is 0 Å². The molecule has 1 aliphatic rings. The summed E-state index contributed by atoms with van der Waals surface area (Å²) in [4.78, 5) is 0. The van der Waals surface area contributed by atoms with Gasteiger partial charge >= 0.3 is 0 Å². The van der Waals surface area contributed by atoms with E-state index in [1.54, 1.807) is 6.07 Å². The summed E-state index contributed by atoms with van der Waals surface area (Å²) in [6, 6.07) is 5.39. The standard InChI is InChI=1S/C14H19BrFNO/c1-2-8-17-14(12-7-4-9-18-12)10-5-3-6-11(15)13(10)16/h3,5-6,12,14,17H,2,4,7-9H2,1H3. The van der Waals surface area contributed by atoms with Gasteiger partial charge in [0, 0.05) is 12.2 Å². The second kappa shape index (κ2) is 6.64. The molecule has 0 aliphatic carbocycles. The Morgan fingerprint density at radius 3 is 3.06 bits per heavy atom. The lowest BCUT2D eigenvalue weighted by Gasteiger charge is -2.25. The first-order chi connectivity index (χ1) is 8.74. The van der Waals surface area contributed by atoms with Gasteiger partial charge in [-0.05, 0) is 47.8 Å². The fourth-order valence-corrected chi connectivity index (χ4v) is 2.75. The van der Waals surface area contributed by atoms with Crippen LogP contribution in [0.25, 0.3) is 0 Å². The zero-order valence-electron chi connectivity index (χ0n) is 10.6. The van der Waals surface area contributed by atoms with E-state index < -0.39 is 0 Å². The fraction of sp³-hybridized carbons (Fsp3) is 0.571. The van der Waals surface area contributed by atoms with Crippen molar-refractivity contribution in [3.8, 4) is 0 Å². The van der Waals surface area contributed by atoms with Crippen LogP contribution in [0.3, 0.4) is 0 Å². The Bertz CT molecular complexity index is 393. The summed E-state index contributed by atoms with van der Waals surface area (Å²) in [6.45, 7) is 3.76. The molecule has 0 radical (unpaired) electrons. The van der Waals surface area contributed by atoms with Crippen molar-refractivity contribution in [2.75, 3.05) is 13.2 Å². The van der Waals surface area contributed by atoms with Crippen LogP contribution < -0.4 is 5.32 Å². The van der Waals surface area contributed by atoms with Crippen LogP contribution >= 0.6 is 15.9 Å². The van der Waals surface area contributed by atoms with Gasteiger partial charge in [0.25, 0.3) is 0 Å². The average molecular weight is 316 g/mol. The number of nitrogens with one attached hydrogen (secondary N) is 1. The van der Waals surface area contributed by atoms with E-state index in [2.05, 4.69) is 28.2 Å². The van der Waals surface area contributed by atoms with Crippen LogP contribution in [0.1, 0.15) is 37.8 Å². The van der Waals surface area contributed by atoms with Gasteiger partial charge in [0.05, 0.1) is 16.6 Å². The van der Waals surface area contributed by atoms with Gasteiger partial charge < -0.3 is 10.1 Å². The molecular formula is C14H19BrFNO. The predicted octanol–water partition coefficient (Wildman–Crippen LogP) is 3.81. The molecule has 18 heavy (non-hydrogen) atoms. The van der Waals surface area contributed by atoms with E-state index in [-0.39, 0.29) is 18.0 Å². The third-order valence-electron chi connectivity index (χ3n) is 3.27. The maximum absolute atomic E-state index is 14.2.